The first-order valence-corrected chi connectivity index (χ1v) is 6.94. The number of carbonyl (C=O) groups is 2. The summed E-state index contributed by atoms with van der Waals surface area (Å²) >= 11 is 2.12. The molecule has 0 fully saturated rings. The maximum absolute atomic E-state index is 12.1. The van der Waals surface area contributed by atoms with Crippen molar-refractivity contribution in [3.63, 3.8) is 0 Å². The SMILES string of the molecule is COC(=O)c1ccc(I)cc1NC(=O)c1ccccc1. The summed E-state index contributed by atoms with van der Waals surface area (Å²) in [6.07, 6.45) is 0. The quantitative estimate of drug-likeness (QED) is 0.656. The zero-order valence-electron chi connectivity index (χ0n) is 10.7. The van der Waals surface area contributed by atoms with Crippen LogP contribution in [-0.4, -0.2) is 19.0 Å². The van der Waals surface area contributed by atoms with Crippen molar-refractivity contribution >= 4 is 40.2 Å². The normalized spacial score (nSPS) is 9.90. The van der Waals surface area contributed by atoms with Crippen LogP contribution in [0.4, 0.5) is 5.69 Å². The Morgan fingerprint density at radius 2 is 1.80 bits per heavy atom. The number of hydrogen-bond donors (Lipinski definition) is 1. The van der Waals surface area contributed by atoms with Crippen molar-refractivity contribution in [3.8, 4) is 0 Å². The molecule has 0 bridgehead atoms. The molecule has 0 saturated carbocycles. The van der Waals surface area contributed by atoms with E-state index in [1.54, 1.807) is 42.5 Å². The van der Waals surface area contributed by atoms with Gasteiger partial charge in [-0.1, -0.05) is 18.2 Å². The molecule has 0 spiro atoms. The number of anilines is 1. The molecular formula is C15H12INO3. The fourth-order valence-corrected chi connectivity index (χ4v) is 2.18. The van der Waals surface area contributed by atoms with Gasteiger partial charge in [0.2, 0.25) is 0 Å². The number of carbonyl (C=O) groups excluding carboxylic acids is 2. The Hall–Kier alpha value is -1.89. The molecule has 5 heteroatoms. The molecule has 0 aliphatic heterocycles. The van der Waals surface area contributed by atoms with Gasteiger partial charge in [-0.15, -0.1) is 0 Å². The molecule has 0 aromatic heterocycles. The Bertz CT molecular complexity index is 641. The lowest BCUT2D eigenvalue weighted by Crippen LogP contribution is -2.15. The van der Waals surface area contributed by atoms with E-state index < -0.39 is 5.97 Å². The molecule has 0 aliphatic carbocycles. The van der Waals surface area contributed by atoms with Gasteiger partial charge in [0.25, 0.3) is 5.91 Å². The summed E-state index contributed by atoms with van der Waals surface area (Å²) in [5, 5.41) is 2.74. The van der Waals surface area contributed by atoms with Crippen LogP contribution in [0.2, 0.25) is 0 Å². The number of benzene rings is 2. The second-order valence-electron chi connectivity index (χ2n) is 4.00. The summed E-state index contributed by atoms with van der Waals surface area (Å²) in [6, 6.07) is 14.0. The molecule has 1 amide bonds. The third-order valence-corrected chi connectivity index (χ3v) is 3.34. The second kappa shape index (κ2) is 6.51. The summed E-state index contributed by atoms with van der Waals surface area (Å²) in [7, 11) is 1.31. The first kappa shape index (κ1) is 14.5. The van der Waals surface area contributed by atoms with Gasteiger partial charge >= 0.3 is 5.97 Å². The van der Waals surface area contributed by atoms with Crippen LogP contribution in [0.15, 0.2) is 48.5 Å². The summed E-state index contributed by atoms with van der Waals surface area (Å²) in [5.41, 5.74) is 1.30. The van der Waals surface area contributed by atoms with Gasteiger partial charge in [-0.3, -0.25) is 4.79 Å². The van der Waals surface area contributed by atoms with E-state index >= 15 is 0 Å². The molecule has 4 nitrogen and oxygen atoms in total. The van der Waals surface area contributed by atoms with Crippen molar-refractivity contribution in [1.82, 2.24) is 0 Å². The zero-order chi connectivity index (χ0) is 14.5. The highest BCUT2D eigenvalue weighted by Crippen LogP contribution is 2.21. The third-order valence-electron chi connectivity index (χ3n) is 2.67. The van der Waals surface area contributed by atoms with Gasteiger partial charge in [0.1, 0.15) is 0 Å². The fourth-order valence-electron chi connectivity index (χ4n) is 1.69. The molecule has 1 N–H and O–H groups in total. The number of ether oxygens (including phenoxy) is 1. The third kappa shape index (κ3) is 3.36. The van der Waals surface area contributed by atoms with E-state index in [9.17, 15) is 9.59 Å². The van der Waals surface area contributed by atoms with Crippen molar-refractivity contribution in [1.29, 1.82) is 0 Å². The summed E-state index contributed by atoms with van der Waals surface area (Å²) in [5.74, 6) is -0.748. The first-order chi connectivity index (χ1) is 9.61. The smallest absolute Gasteiger partial charge is 0.339 e. The maximum atomic E-state index is 12.1. The Labute approximate surface area is 130 Å². The molecule has 2 aromatic rings. The average molecular weight is 381 g/mol. The minimum atomic E-state index is -0.482. The van der Waals surface area contributed by atoms with Crippen LogP contribution >= 0.6 is 22.6 Å². The fraction of sp³-hybridized carbons (Fsp3) is 0.0667. The lowest BCUT2D eigenvalue weighted by molar-refractivity contribution is 0.0602. The van der Waals surface area contributed by atoms with Crippen molar-refractivity contribution in [2.24, 2.45) is 0 Å². The number of nitrogens with one attached hydrogen (secondary N) is 1. The number of methoxy groups -OCH3 is 1. The molecule has 0 saturated heterocycles. The maximum Gasteiger partial charge on any atom is 0.339 e. The van der Waals surface area contributed by atoms with Crippen LogP contribution < -0.4 is 5.32 Å². The number of halogens is 1. The molecule has 0 aliphatic rings. The van der Waals surface area contributed by atoms with Gasteiger partial charge in [-0.25, -0.2) is 4.79 Å². The van der Waals surface area contributed by atoms with Gasteiger partial charge < -0.3 is 10.1 Å². The number of hydrogen-bond acceptors (Lipinski definition) is 3. The number of amides is 1. The molecule has 2 aromatic carbocycles. The standard InChI is InChI=1S/C15H12INO3/c1-20-15(19)12-8-7-11(16)9-13(12)17-14(18)10-5-3-2-4-6-10/h2-9H,1H3,(H,17,18). The summed E-state index contributed by atoms with van der Waals surface area (Å²) < 4.78 is 5.63. The largest absolute Gasteiger partial charge is 0.465 e. The van der Waals surface area contributed by atoms with E-state index in [0.29, 0.717) is 16.8 Å². The monoisotopic (exact) mass is 381 g/mol. The highest BCUT2D eigenvalue weighted by Gasteiger charge is 2.15. The molecule has 102 valence electrons. The van der Waals surface area contributed by atoms with Crippen molar-refractivity contribution in [2.75, 3.05) is 12.4 Å². The van der Waals surface area contributed by atoms with E-state index in [2.05, 4.69) is 27.9 Å². The summed E-state index contributed by atoms with van der Waals surface area (Å²) in [4.78, 5) is 23.8. The van der Waals surface area contributed by atoms with Crippen LogP contribution in [0.5, 0.6) is 0 Å². The Morgan fingerprint density at radius 1 is 1.10 bits per heavy atom. The van der Waals surface area contributed by atoms with E-state index in [1.165, 1.54) is 7.11 Å². The lowest BCUT2D eigenvalue weighted by Gasteiger charge is -2.10. The summed E-state index contributed by atoms with van der Waals surface area (Å²) in [6.45, 7) is 0. The molecule has 0 radical (unpaired) electrons. The van der Waals surface area contributed by atoms with Crippen LogP contribution in [0.1, 0.15) is 20.7 Å². The lowest BCUT2D eigenvalue weighted by atomic mass is 10.1. The van der Waals surface area contributed by atoms with Gasteiger partial charge in [0, 0.05) is 9.13 Å². The van der Waals surface area contributed by atoms with Gasteiger partial charge in [-0.05, 0) is 52.9 Å². The van der Waals surface area contributed by atoms with Crippen LogP contribution in [0.25, 0.3) is 0 Å². The van der Waals surface area contributed by atoms with E-state index in [1.807, 2.05) is 6.07 Å². The second-order valence-corrected chi connectivity index (χ2v) is 5.25. The molecule has 2 rings (SSSR count). The molecule has 20 heavy (non-hydrogen) atoms. The van der Waals surface area contributed by atoms with Gasteiger partial charge in [-0.2, -0.15) is 0 Å². The highest BCUT2D eigenvalue weighted by atomic mass is 127. The highest BCUT2D eigenvalue weighted by molar-refractivity contribution is 14.1. The topological polar surface area (TPSA) is 55.4 Å². The average Bonchev–Trinajstić information content (AvgIpc) is 2.47. The van der Waals surface area contributed by atoms with Gasteiger partial charge in [0.05, 0.1) is 18.4 Å². The van der Waals surface area contributed by atoms with Gasteiger partial charge in [0.15, 0.2) is 0 Å². The molecular weight excluding hydrogens is 369 g/mol. The number of esters is 1. The Balaban J connectivity index is 2.31. The predicted molar refractivity (Wildman–Crippen MR) is 84.9 cm³/mol. The van der Waals surface area contributed by atoms with E-state index in [4.69, 9.17) is 4.74 Å². The molecule has 0 unspecified atom stereocenters. The van der Waals surface area contributed by atoms with Crippen LogP contribution in [0, 0.1) is 3.57 Å². The van der Waals surface area contributed by atoms with Crippen LogP contribution in [0.3, 0.4) is 0 Å². The number of rotatable bonds is 3. The molecule has 0 atom stereocenters. The zero-order valence-corrected chi connectivity index (χ0v) is 12.9. The predicted octanol–water partition coefficient (Wildman–Crippen LogP) is 3.33. The Kier molecular flexibility index (Phi) is 4.73. The van der Waals surface area contributed by atoms with Crippen molar-refractivity contribution in [2.45, 2.75) is 0 Å². The van der Waals surface area contributed by atoms with Crippen molar-refractivity contribution in [3.05, 3.63) is 63.2 Å². The first-order valence-electron chi connectivity index (χ1n) is 5.86. The molecule has 0 heterocycles. The van der Waals surface area contributed by atoms with E-state index in [-0.39, 0.29) is 5.91 Å². The Morgan fingerprint density at radius 3 is 2.45 bits per heavy atom. The van der Waals surface area contributed by atoms with Crippen molar-refractivity contribution < 1.29 is 14.3 Å². The minimum Gasteiger partial charge on any atom is -0.465 e. The van der Waals surface area contributed by atoms with Crippen LogP contribution in [-0.2, 0) is 4.74 Å². The minimum absolute atomic E-state index is 0.266. The van der Waals surface area contributed by atoms with E-state index in [0.717, 1.165) is 3.57 Å².